The molecule has 144 valence electrons. The van der Waals surface area contributed by atoms with E-state index in [-0.39, 0.29) is 23.5 Å². The zero-order valence-electron chi connectivity index (χ0n) is 14.7. The molecule has 3 aromatic rings. The van der Waals surface area contributed by atoms with Crippen molar-refractivity contribution in [2.45, 2.75) is 26.1 Å². The van der Waals surface area contributed by atoms with Crippen LogP contribution in [-0.4, -0.2) is 31.6 Å². The summed E-state index contributed by atoms with van der Waals surface area (Å²) >= 11 is 12.2. The van der Waals surface area contributed by atoms with E-state index in [4.69, 9.17) is 23.2 Å². The first kappa shape index (κ1) is 18.8. The van der Waals surface area contributed by atoms with Gasteiger partial charge in [0, 0.05) is 18.2 Å². The Labute approximate surface area is 169 Å². The predicted octanol–water partition coefficient (Wildman–Crippen LogP) is 4.57. The third-order valence-corrected chi connectivity index (χ3v) is 5.56. The lowest BCUT2D eigenvalue weighted by Crippen LogP contribution is -2.45. The summed E-state index contributed by atoms with van der Waals surface area (Å²) in [5.74, 6) is -1.17. The summed E-state index contributed by atoms with van der Waals surface area (Å²) in [4.78, 5) is 14.6. The van der Waals surface area contributed by atoms with E-state index < -0.39 is 11.6 Å². The molecule has 0 radical (unpaired) electrons. The molecule has 4 rings (SSSR count). The minimum Gasteiger partial charge on any atom is -0.327 e. The first-order valence-corrected chi connectivity index (χ1v) is 9.25. The van der Waals surface area contributed by atoms with Crippen molar-refractivity contribution in [2.75, 3.05) is 0 Å². The molecule has 0 saturated carbocycles. The van der Waals surface area contributed by atoms with E-state index in [0.29, 0.717) is 34.3 Å². The average molecular weight is 423 g/mol. The number of benzene rings is 2. The molecular formula is C19H14Cl2F2N4O. The summed E-state index contributed by atoms with van der Waals surface area (Å²) < 4.78 is 28.6. The Kier molecular flexibility index (Phi) is 4.81. The van der Waals surface area contributed by atoms with Crippen LogP contribution in [0, 0.1) is 11.6 Å². The molecule has 2 heterocycles. The van der Waals surface area contributed by atoms with Gasteiger partial charge in [-0.3, -0.25) is 4.79 Å². The summed E-state index contributed by atoms with van der Waals surface area (Å²) in [6.07, 6.45) is 0. The van der Waals surface area contributed by atoms with Crippen LogP contribution in [0.4, 0.5) is 8.78 Å². The molecule has 2 aromatic carbocycles. The van der Waals surface area contributed by atoms with Crippen molar-refractivity contribution in [3.8, 4) is 11.4 Å². The Morgan fingerprint density at radius 1 is 1.14 bits per heavy atom. The number of carbonyl (C=O) groups excluding carboxylic acids is 1. The van der Waals surface area contributed by atoms with Gasteiger partial charge in [0.25, 0.3) is 5.91 Å². The summed E-state index contributed by atoms with van der Waals surface area (Å²) in [6.45, 7) is 2.49. The van der Waals surface area contributed by atoms with Gasteiger partial charge in [0.15, 0.2) is 23.3 Å². The van der Waals surface area contributed by atoms with E-state index in [1.54, 1.807) is 27.7 Å². The highest BCUT2D eigenvalue weighted by Gasteiger charge is 2.32. The van der Waals surface area contributed by atoms with Gasteiger partial charge < -0.3 is 9.47 Å². The molecular weight excluding hydrogens is 409 g/mol. The van der Waals surface area contributed by atoms with E-state index in [1.165, 1.54) is 6.07 Å². The van der Waals surface area contributed by atoms with Gasteiger partial charge in [0.1, 0.15) is 0 Å². The monoisotopic (exact) mass is 422 g/mol. The highest BCUT2D eigenvalue weighted by Crippen LogP contribution is 2.30. The second-order valence-corrected chi connectivity index (χ2v) is 7.35. The van der Waals surface area contributed by atoms with Crippen molar-refractivity contribution in [3.05, 3.63) is 69.5 Å². The van der Waals surface area contributed by atoms with Crippen molar-refractivity contribution >= 4 is 29.1 Å². The molecule has 1 aliphatic heterocycles. The van der Waals surface area contributed by atoms with Crippen molar-refractivity contribution < 1.29 is 13.6 Å². The van der Waals surface area contributed by atoms with Crippen LogP contribution in [0.3, 0.4) is 0 Å². The smallest absolute Gasteiger partial charge is 0.256 e. The lowest BCUT2D eigenvalue weighted by Gasteiger charge is -2.34. The van der Waals surface area contributed by atoms with Gasteiger partial charge in [-0.2, -0.15) is 0 Å². The molecule has 0 spiro atoms. The number of hydrogen-bond acceptors (Lipinski definition) is 3. The molecule has 0 saturated heterocycles. The van der Waals surface area contributed by atoms with Crippen LogP contribution in [0.1, 0.15) is 23.1 Å². The fourth-order valence-corrected chi connectivity index (χ4v) is 3.64. The van der Waals surface area contributed by atoms with Crippen LogP contribution >= 0.6 is 23.2 Å². The van der Waals surface area contributed by atoms with Crippen molar-refractivity contribution in [3.63, 3.8) is 0 Å². The minimum absolute atomic E-state index is 0.199. The van der Waals surface area contributed by atoms with Crippen LogP contribution in [0.15, 0.2) is 36.4 Å². The topological polar surface area (TPSA) is 51.0 Å². The maximum absolute atomic E-state index is 13.6. The van der Waals surface area contributed by atoms with E-state index in [2.05, 4.69) is 10.2 Å². The Morgan fingerprint density at radius 2 is 1.93 bits per heavy atom. The minimum atomic E-state index is -0.953. The van der Waals surface area contributed by atoms with Crippen molar-refractivity contribution in [2.24, 2.45) is 0 Å². The maximum Gasteiger partial charge on any atom is 0.256 e. The molecule has 1 aromatic heterocycles. The molecule has 0 N–H and O–H groups in total. The van der Waals surface area contributed by atoms with Crippen LogP contribution in [0.2, 0.25) is 10.0 Å². The van der Waals surface area contributed by atoms with Crippen LogP contribution in [0.5, 0.6) is 0 Å². The standard InChI is InChI=1S/C19H14Cl2F2N4O/c1-10-8-27-16(24-25-18(27)11-5-6-14(22)15(23)7-11)9-26(10)19(28)12-3-2-4-13(20)17(12)21/h2-7,10H,8-9H2,1H3. The van der Waals surface area contributed by atoms with Gasteiger partial charge in [-0.1, -0.05) is 29.3 Å². The number of rotatable bonds is 2. The van der Waals surface area contributed by atoms with E-state index in [0.717, 1.165) is 12.1 Å². The second-order valence-electron chi connectivity index (χ2n) is 6.56. The number of hydrogen-bond donors (Lipinski definition) is 0. The molecule has 5 nitrogen and oxygen atoms in total. The Bertz CT molecular complexity index is 1090. The van der Waals surface area contributed by atoms with Crippen LogP contribution < -0.4 is 0 Å². The molecule has 1 aliphatic rings. The zero-order chi connectivity index (χ0) is 20.0. The average Bonchev–Trinajstić information content (AvgIpc) is 3.07. The number of fused-ring (bicyclic) bond motifs is 1. The van der Waals surface area contributed by atoms with Crippen molar-refractivity contribution in [1.82, 2.24) is 19.7 Å². The Morgan fingerprint density at radius 3 is 2.68 bits per heavy atom. The predicted molar refractivity (Wildman–Crippen MR) is 101 cm³/mol. The van der Waals surface area contributed by atoms with Gasteiger partial charge in [-0.25, -0.2) is 8.78 Å². The largest absolute Gasteiger partial charge is 0.327 e. The molecule has 9 heteroatoms. The number of amides is 1. The molecule has 1 unspecified atom stereocenters. The van der Waals surface area contributed by atoms with E-state index in [1.807, 2.05) is 6.92 Å². The summed E-state index contributed by atoms with van der Waals surface area (Å²) in [6, 6.07) is 8.29. The van der Waals surface area contributed by atoms with Gasteiger partial charge in [0.2, 0.25) is 0 Å². The normalized spacial score (nSPS) is 16.2. The van der Waals surface area contributed by atoms with E-state index in [9.17, 15) is 13.6 Å². The van der Waals surface area contributed by atoms with Gasteiger partial charge in [-0.15, -0.1) is 10.2 Å². The molecule has 1 amide bonds. The highest BCUT2D eigenvalue weighted by molar-refractivity contribution is 6.43. The number of nitrogens with zero attached hydrogens (tertiary/aromatic N) is 4. The van der Waals surface area contributed by atoms with Gasteiger partial charge in [0.05, 0.1) is 22.2 Å². The SMILES string of the molecule is CC1Cn2c(nnc2-c2ccc(F)c(F)c2)CN1C(=O)c1cccc(Cl)c1Cl. The Balaban J connectivity index is 1.66. The fourth-order valence-electron chi connectivity index (χ4n) is 3.26. The lowest BCUT2D eigenvalue weighted by molar-refractivity contribution is 0.0612. The summed E-state index contributed by atoms with van der Waals surface area (Å²) in [5, 5.41) is 8.75. The second kappa shape index (κ2) is 7.14. The summed E-state index contributed by atoms with van der Waals surface area (Å²) in [5.41, 5.74) is 0.734. The molecule has 28 heavy (non-hydrogen) atoms. The quantitative estimate of drug-likeness (QED) is 0.607. The fraction of sp³-hybridized carbons (Fsp3) is 0.211. The molecule has 1 atom stereocenters. The maximum atomic E-state index is 13.6. The summed E-state index contributed by atoms with van der Waals surface area (Å²) in [7, 11) is 0. The number of halogens is 4. The van der Waals surface area contributed by atoms with E-state index >= 15 is 0 Å². The third-order valence-electron chi connectivity index (χ3n) is 4.74. The molecule has 0 fully saturated rings. The molecule has 0 aliphatic carbocycles. The first-order chi connectivity index (χ1) is 13.4. The lowest BCUT2D eigenvalue weighted by atomic mass is 10.1. The van der Waals surface area contributed by atoms with Crippen LogP contribution in [-0.2, 0) is 13.1 Å². The first-order valence-electron chi connectivity index (χ1n) is 8.49. The molecule has 0 bridgehead atoms. The van der Waals surface area contributed by atoms with Gasteiger partial charge in [-0.05, 0) is 37.3 Å². The zero-order valence-corrected chi connectivity index (χ0v) is 16.2. The number of carbonyl (C=O) groups is 1. The van der Waals surface area contributed by atoms with Crippen LogP contribution in [0.25, 0.3) is 11.4 Å². The highest BCUT2D eigenvalue weighted by atomic mass is 35.5. The Hall–Kier alpha value is -2.51. The number of aromatic nitrogens is 3. The van der Waals surface area contributed by atoms with Crippen molar-refractivity contribution in [1.29, 1.82) is 0 Å². The van der Waals surface area contributed by atoms with Gasteiger partial charge >= 0.3 is 0 Å². The third kappa shape index (κ3) is 3.14.